The van der Waals surface area contributed by atoms with Crippen LogP contribution in [0.15, 0.2) is 30.3 Å². The molecule has 0 bridgehead atoms. The molecule has 1 rings (SSSR count). The molecule has 0 spiro atoms. The van der Waals surface area contributed by atoms with Gasteiger partial charge >= 0.3 is 0 Å². The molecule has 0 aliphatic heterocycles. The van der Waals surface area contributed by atoms with Crippen LogP contribution < -0.4 is 10.6 Å². The lowest BCUT2D eigenvalue weighted by Crippen LogP contribution is -2.38. The van der Waals surface area contributed by atoms with Crippen molar-refractivity contribution < 1.29 is 4.79 Å². The molecule has 0 heterocycles. The first kappa shape index (κ1) is 14.7. The Hall–Kier alpha value is -1.35. The Balaban J connectivity index is 2.31. The van der Waals surface area contributed by atoms with Crippen LogP contribution in [-0.2, 0) is 11.2 Å². The minimum Gasteiger partial charge on any atom is -0.353 e. The first-order chi connectivity index (χ1) is 8.61. The Morgan fingerprint density at radius 3 is 2.44 bits per heavy atom. The SMILES string of the molecule is CCNC(C)CC(=O)NC(C)Cc1ccccc1. The molecule has 0 radical (unpaired) electrons. The number of nitrogens with one attached hydrogen (secondary N) is 2. The van der Waals surface area contributed by atoms with E-state index >= 15 is 0 Å². The summed E-state index contributed by atoms with van der Waals surface area (Å²) in [6.45, 7) is 7.02. The Kier molecular flexibility index (Phi) is 6.44. The quantitative estimate of drug-likeness (QED) is 0.776. The van der Waals surface area contributed by atoms with Crippen molar-refractivity contribution in [1.82, 2.24) is 10.6 Å². The molecule has 0 saturated carbocycles. The second-order valence-electron chi connectivity index (χ2n) is 4.82. The summed E-state index contributed by atoms with van der Waals surface area (Å²) in [5, 5.41) is 6.28. The molecule has 3 nitrogen and oxygen atoms in total. The van der Waals surface area contributed by atoms with Gasteiger partial charge in [-0.3, -0.25) is 4.79 Å². The molecular weight excluding hydrogens is 224 g/mol. The van der Waals surface area contributed by atoms with Gasteiger partial charge in [0.05, 0.1) is 0 Å². The van der Waals surface area contributed by atoms with E-state index in [2.05, 4.69) is 22.8 Å². The molecule has 0 aromatic heterocycles. The third-order valence-electron chi connectivity index (χ3n) is 2.84. The third kappa shape index (κ3) is 5.82. The predicted molar refractivity (Wildman–Crippen MR) is 75.5 cm³/mol. The van der Waals surface area contributed by atoms with E-state index in [4.69, 9.17) is 0 Å². The van der Waals surface area contributed by atoms with Crippen LogP contribution in [0, 0.1) is 0 Å². The summed E-state index contributed by atoms with van der Waals surface area (Å²) in [5.41, 5.74) is 1.25. The van der Waals surface area contributed by atoms with Crippen molar-refractivity contribution in [2.75, 3.05) is 6.54 Å². The van der Waals surface area contributed by atoms with Gasteiger partial charge in [-0.2, -0.15) is 0 Å². The summed E-state index contributed by atoms with van der Waals surface area (Å²) in [5.74, 6) is 0.117. The molecule has 0 aliphatic rings. The van der Waals surface area contributed by atoms with E-state index in [1.165, 1.54) is 5.56 Å². The van der Waals surface area contributed by atoms with Gasteiger partial charge in [-0.1, -0.05) is 37.3 Å². The highest BCUT2D eigenvalue weighted by molar-refractivity contribution is 5.76. The molecule has 1 amide bonds. The Labute approximate surface area is 110 Å². The number of hydrogen-bond acceptors (Lipinski definition) is 2. The van der Waals surface area contributed by atoms with Crippen LogP contribution in [0.2, 0.25) is 0 Å². The van der Waals surface area contributed by atoms with E-state index in [1.807, 2.05) is 39.0 Å². The lowest BCUT2D eigenvalue weighted by molar-refractivity contribution is -0.122. The molecule has 1 aromatic rings. The van der Waals surface area contributed by atoms with Gasteiger partial charge in [0.1, 0.15) is 0 Å². The number of benzene rings is 1. The van der Waals surface area contributed by atoms with Gasteiger partial charge in [-0.25, -0.2) is 0 Å². The van der Waals surface area contributed by atoms with Gasteiger partial charge in [0, 0.05) is 18.5 Å². The van der Waals surface area contributed by atoms with Gasteiger partial charge in [0.15, 0.2) is 0 Å². The fraction of sp³-hybridized carbons (Fsp3) is 0.533. The second kappa shape index (κ2) is 7.88. The maximum absolute atomic E-state index is 11.8. The number of carbonyl (C=O) groups excluding carboxylic acids is 1. The summed E-state index contributed by atoms with van der Waals surface area (Å²) in [6.07, 6.45) is 1.41. The zero-order valence-electron chi connectivity index (χ0n) is 11.6. The maximum Gasteiger partial charge on any atom is 0.221 e. The highest BCUT2D eigenvalue weighted by atomic mass is 16.1. The van der Waals surface area contributed by atoms with Gasteiger partial charge < -0.3 is 10.6 Å². The third-order valence-corrected chi connectivity index (χ3v) is 2.84. The number of rotatable bonds is 7. The monoisotopic (exact) mass is 248 g/mol. The smallest absolute Gasteiger partial charge is 0.221 e. The maximum atomic E-state index is 11.8. The van der Waals surface area contributed by atoms with Crippen molar-refractivity contribution in [1.29, 1.82) is 0 Å². The zero-order chi connectivity index (χ0) is 13.4. The van der Waals surface area contributed by atoms with E-state index in [0.29, 0.717) is 6.42 Å². The summed E-state index contributed by atoms with van der Waals surface area (Å²) < 4.78 is 0. The van der Waals surface area contributed by atoms with Crippen LogP contribution in [0.4, 0.5) is 0 Å². The minimum atomic E-state index is 0.117. The molecular formula is C15H24N2O. The molecule has 2 N–H and O–H groups in total. The van der Waals surface area contributed by atoms with Crippen LogP contribution in [0.3, 0.4) is 0 Å². The van der Waals surface area contributed by atoms with E-state index in [-0.39, 0.29) is 18.0 Å². The zero-order valence-corrected chi connectivity index (χ0v) is 11.6. The van der Waals surface area contributed by atoms with Gasteiger partial charge in [-0.05, 0) is 32.4 Å². The first-order valence-corrected chi connectivity index (χ1v) is 6.68. The molecule has 0 fully saturated rings. The van der Waals surface area contributed by atoms with Crippen LogP contribution in [0.1, 0.15) is 32.8 Å². The van der Waals surface area contributed by atoms with Crippen molar-refractivity contribution >= 4 is 5.91 Å². The van der Waals surface area contributed by atoms with E-state index in [1.54, 1.807) is 0 Å². The Morgan fingerprint density at radius 1 is 1.17 bits per heavy atom. The lowest BCUT2D eigenvalue weighted by Gasteiger charge is -2.16. The van der Waals surface area contributed by atoms with E-state index < -0.39 is 0 Å². The van der Waals surface area contributed by atoms with Crippen LogP contribution in [0.25, 0.3) is 0 Å². The summed E-state index contributed by atoms with van der Waals surface area (Å²) in [6, 6.07) is 10.6. The predicted octanol–water partition coefficient (Wildman–Crippen LogP) is 2.12. The number of amides is 1. The standard InChI is InChI=1S/C15H24N2O/c1-4-16-12(2)11-15(18)17-13(3)10-14-8-6-5-7-9-14/h5-9,12-13,16H,4,10-11H2,1-3H3,(H,17,18). The van der Waals surface area contributed by atoms with Crippen LogP contribution >= 0.6 is 0 Å². The molecule has 2 unspecified atom stereocenters. The topological polar surface area (TPSA) is 41.1 Å². The highest BCUT2D eigenvalue weighted by Crippen LogP contribution is 2.03. The van der Waals surface area contributed by atoms with Gasteiger partial charge in [0.2, 0.25) is 5.91 Å². The summed E-state index contributed by atoms with van der Waals surface area (Å²) in [7, 11) is 0. The fourth-order valence-electron chi connectivity index (χ4n) is 2.05. The summed E-state index contributed by atoms with van der Waals surface area (Å²) >= 11 is 0. The molecule has 1 aromatic carbocycles. The molecule has 0 saturated heterocycles. The normalized spacial score (nSPS) is 13.9. The largest absolute Gasteiger partial charge is 0.353 e. The molecule has 18 heavy (non-hydrogen) atoms. The average Bonchev–Trinajstić information content (AvgIpc) is 2.29. The molecule has 0 aliphatic carbocycles. The Morgan fingerprint density at radius 2 is 1.83 bits per heavy atom. The van der Waals surface area contributed by atoms with Crippen molar-refractivity contribution in [3.05, 3.63) is 35.9 Å². The van der Waals surface area contributed by atoms with E-state index in [0.717, 1.165) is 13.0 Å². The minimum absolute atomic E-state index is 0.117. The van der Waals surface area contributed by atoms with Gasteiger partial charge in [0.25, 0.3) is 0 Å². The fourth-order valence-corrected chi connectivity index (χ4v) is 2.05. The van der Waals surface area contributed by atoms with Crippen molar-refractivity contribution in [3.63, 3.8) is 0 Å². The molecule has 3 heteroatoms. The number of carbonyl (C=O) groups is 1. The summed E-state index contributed by atoms with van der Waals surface area (Å²) in [4.78, 5) is 11.8. The lowest BCUT2D eigenvalue weighted by atomic mass is 10.1. The average molecular weight is 248 g/mol. The second-order valence-corrected chi connectivity index (χ2v) is 4.82. The van der Waals surface area contributed by atoms with Crippen LogP contribution in [-0.4, -0.2) is 24.5 Å². The number of hydrogen-bond donors (Lipinski definition) is 2. The first-order valence-electron chi connectivity index (χ1n) is 6.68. The van der Waals surface area contributed by atoms with Gasteiger partial charge in [-0.15, -0.1) is 0 Å². The van der Waals surface area contributed by atoms with Crippen LogP contribution in [0.5, 0.6) is 0 Å². The highest BCUT2D eigenvalue weighted by Gasteiger charge is 2.11. The van der Waals surface area contributed by atoms with Crippen molar-refractivity contribution in [2.24, 2.45) is 0 Å². The van der Waals surface area contributed by atoms with Crippen molar-refractivity contribution in [3.8, 4) is 0 Å². The Bertz CT molecular complexity index is 351. The molecule has 100 valence electrons. The van der Waals surface area contributed by atoms with E-state index in [9.17, 15) is 4.79 Å². The molecule has 2 atom stereocenters. The van der Waals surface area contributed by atoms with Crippen molar-refractivity contribution in [2.45, 2.75) is 45.7 Å².